The van der Waals surface area contributed by atoms with Crippen LogP contribution in [0.15, 0.2) is 24.3 Å². The number of carbonyl (C=O) groups excluding carboxylic acids is 1. The molecule has 5 heteroatoms. The summed E-state index contributed by atoms with van der Waals surface area (Å²) >= 11 is 7.63. The van der Waals surface area contributed by atoms with E-state index in [0.717, 1.165) is 16.5 Å². The first-order valence-electron chi connectivity index (χ1n) is 6.23. The summed E-state index contributed by atoms with van der Waals surface area (Å²) < 4.78 is 1.02. The van der Waals surface area contributed by atoms with Gasteiger partial charge in [0.1, 0.15) is 4.88 Å². The van der Waals surface area contributed by atoms with Crippen molar-refractivity contribution in [2.45, 2.75) is 25.9 Å². The van der Waals surface area contributed by atoms with Crippen LogP contribution in [-0.4, -0.2) is 23.7 Å². The van der Waals surface area contributed by atoms with Crippen molar-refractivity contribution >= 4 is 38.9 Å². The fourth-order valence-electron chi connectivity index (χ4n) is 1.84. The van der Waals surface area contributed by atoms with Crippen LogP contribution in [0, 0.1) is 0 Å². The number of carbonyl (C=O) groups is 1. The fraction of sp³-hybridized carbons (Fsp3) is 0.357. The number of fused-ring (bicyclic) bond motifs is 1. The van der Waals surface area contributed by atoms with Gasteiger partial charge in [0.05, 0.1) is 11.1 Å². The van der Waals surface area contributed by atoms with Crippen molar-refractivity contribution in [3.63, 3.8) is 0 Å². The van der Waals surface area contributed by atoms with Gasteiger partial charge in [0.15, 0.2) is 0 Å². The Morgan fingerprint density at radius 2 is 2.21 bits per heavy atom. The molecule has 0 radical (unpaired) electrons. The zero-order valence-electron chi connectivity index (χ0n) is 10.6. The van der Waals surface area contributed by atoms with Crippen molar-refractivity contribution in [1.82, 2.24) is 5.32 Å². The number of hydrogen-bond acceptors (Lipinski definition) is 3. The lowest BCUT2D eigenvalue weighted by Crippen LogP contribution is -2.24. The van der Waals surface area contributed by atoms with Crippen LogP contribution in [0.4, 0.5) is 0 Å². The van der Waals surface area contributed by atoms with E-state index in [9.17, 15) is 4.79 Å². The first-order chi connectivity index (χ1) is 9.09. The molecule has 3 nitrogen and oxygen atoms in total. The minimum Gasteiger partial charge on any atom is -0.393 e. The fourth-order valence-corrected chi connectivity index (χ4v) is 3.27. The highest BCUT2D eigenvalue weighted by atomic mass is 35.5. The van der Waals surface area contributed by atoms with Crippen molar-refractivity contribution in [2.24, 2.45) is 0 Å². The van der Waals surface area contributed by atoms with E-state index >= 15 is 0 Å². The van der Waals surface area contributed by atoms with Crippen molar-refractivity contribution in [3.05, 3.63) is 34.2 Å². The molecule has 19 heavy (non-hydrogen) atoms. The van der Waals surface area contributed by atoms with E-state index in [1.807, 2.05) is 24.3 Å². The van der Waals surface area contributed by atoms with Crippen LogP contribution >= 0.6 is 22.9 Å². The van der Waals surface area contributed by atoms with Crippen molar-refractivity contribution in [3.8, 4) is 0 Å². The average molecular weight is 298 g/mol. The Labute approximate surface area is 121 Å². The predicted octanol–water partition coefficient (Wildman–Crippen LogP) is 3.45. The highest BCUT2D eigenvalue weighted by molar-refractivity contribution is 7.21. The number of amides is 1. The monoisotopic (exact) mass is 297 g/mol. The van der Waals surface area contributed by atoms with E-state index < -0.39 is 0 Å². The third-order valence-corrected chi connectivity index (χ3v) is 4.50. The lowest BCUT2D eigenvalue weighted by molar-refractivity contribution is 0.0954. The molecule has 1 aromatic carbocycles. The Balaban J connectivity index is 2.03. The Morgan fingerprint density at radius 3 is 2.89 bits per heavy atom. The van der Waals surface area contributed by atoms with Gasteiger partial charge in [-0.1, -0.05) is 29.8 Å². The summed E-state index contributed by atoms with van der Waals surface area (Å²) in [7, 11) is 0. The first kappa shape index (κ1) is 14.3. The third kappa shape index (κ3) is 3.47. The van der Waals surface area contributed by atoms with Crippen molar-refractivity contribution in [2.75, 3.05) is 6.54 Å². The summed E-state index contributed by atoms with van der Waals surface area (Å²) in [5.41, 5.74) is 0. The van der Waals surface area contributed by atoms with Gasteiger partial charge in [0.2, 0.25) is 0 Å². The number of thiophene rings is 1. The summed E-state index contributed by atoms with van der Waals surface area (Å²) in [5.74, 6) is -0.142. The van der Waals surface area contributed by atoms with Crippen LogP contribution in [0.3, 0.4) is 0 Å². The molecule has 102 valence electrons. The van der Waals surface area contributed by atoms with Crippen molar-refractivity contribution < 1.29 is 9.90 Å². The average Bonchev–Trinajstić information content (AvgIpc) is 2.72. The second-order valence-corrected chi connectivity index (χ2v) is 5.92. The molecule has 0 aliphatic carbocycles. The SMILES string of the molecule is CC(O)CCCNC(=O)c1sc2ccccc2c1Cl. The second-order valence-electron chi connectivity index (χ2n) is 4.49. The van der Waals surface area contributed by atoms with E-state index in [-0.39, 0.29) is 12.0 Å². The number of nitrogens with one attached hydrogen (secondary N) is 1. The molecule has 1 atom stereocenters. The largest absolute Gasteiger partial charge is 0.393 e. The molecule has 0 fully saturated rings. The molecule has 2 rings (SSSR count). The number of halogens is 1. The Bertz CT molecular complexity index is 580. The minimum absolute atomic E-state index is 0.142. The van der Waals surface area contributed by atoms with Crippen LogP contribution in [-0.2, 0) is 0 Å². The lowest BCUT2D eigenvalue weighted by Gasteiger charge is -2.05. The van der Waals surface area contributed by atoms with Gasteiger partial charge in [0, 0.05) is 16.6 Å². The van der Waals surface area contributed by atoms with E-state index in [1.165, 1.54) is 11.3 Å². The molecule has 2 aromatic rings. The Hall–Kier alpha value is -1.10. The predicted molar refractivity (Wildman–Crippen MR) is 80.1 cm³/mol. The first-order valence-corrected chi connectivity index (χ1v) is 7.42. The maximum absolute atomic E-state index is 12.0. The topological polar surface area (TPSA) is 49.3 Å². The summed E-state index contributed by atoms with van der Waals surface area (Å²) in [5, 5.41) is 13.4. The number of benzene rings is 1. The summed E-state index contributed by atoms with van der Waals surface area (Å²) in [6.07, 6.45) is 1.11. The molecule has 0 aliphatic rings. The van der Waals surface area contributed by atoms with E-state index in [4.69, 9.17) is 16.7 Å². The van der Waals surface area contributed by atoms with Crippen LogP contribution in [0.2, 0.25) is 5.02 Å². The molecule has 1 heterocycles. The third-order valence-electron chi connectivity index (χ3n) is 2.83. The number of aliphatic hydroxyl groups is 1. The van der Waals surface area contributed by atoms with Gasteiger partial charge in [-0.25, -0.2) is 0 Å². The van der Waals surface area contributed by atoms with Gasteiger partial charge in [-0.2, -0.15) is 0 Å². The van der Waals surface area contributed by atoms with Gasteiger partial charge in [0.25, 0.3) is 5.91 Å². The molecule has 0 saturated heterocycles. The molecule has 0 aliphatic heterocycles. The van der Waals surface area contributed by atoms with Crippen LogP contribution in [0.25, 0.3) is 10.1 Å². The standard InChI is InChI=1S/C14H16ClNO2S/c1-9(17)5-4-8-16-14(18)13-12(15)10-6-2-3-7-11(10)19-13/h2-3,6-7,9,17H,4-5,8H2,1H3,(H,16,18). The van der Waals surface area contributed by atoms with Gasteiger partial charge in [-0.05, 0) is 25.8 Å². The minimum atomic E-state index is -0.329. The van der Waals surface area contributed by atoms with Crippen LogP contribution in [0.1, 0.15) is 29.4 Å². The van der Waals surface area contributed by atoms with E-state index in [2.05, 4.69) is 5.32 Å². The summed E-state index contributed by atoms with van der Waals surface area (Å²) in [4.78, 5) is 12.6. The molecule has 0 bridgehead atoms. The second kappa shape index (κ2) is 6.37. The quantitative estimate of drug-likeness (QED) is 0.831. The molecule has 0 saturated carbocycles. The summed E-state index contributed by atoms with van der Waals surface area (Å²) in [6.45, 7) is 2.29. The zero-order chi connectivity index (χ0) is 13.8. The molecule has 0 spiro atoms. The smallest absolute Gasteiger partial charge is 0.262 e. The number of aliphatic hydroxyl groups excluding tert-OH is 1. The molecule has 1 amide bonds. The zero-order valence-corrected chi connectivity index (χ0v) is 12.2. The molecule has 2 N–H and O–H groups in total. The Kier molecular flexibility index (Phi) is 4.80. The molecular weight excluding hydrogens is 282 g/mol. The van der Waals surface area contributed by atoms with Crippen LogP contribution in [0.5, 0.6) is 0 Å². The van der Waals surface area contributed by atoms with E-state index in [1.54, 1.807) is 6.92 Å². The van der Waals surface area contributed by atoms with Crippen LogP contribution < -0.4 is 5.32 Å². The van der Waals surface area contributed by atoms with Gasteiger partial charge in [-0.3, -0.25) is 4.79 Å². The number of rotatable bonds is 5. The van der Waals surface area contributed by atoms with Gasteiger partial charge < -0.3 is 10.4 Å². The highest BCUT2D eigenvalue weighted by Gasteiger charge is 2.16. The van der Waals surface area contributed by atoms with Crippen molar-refractivity contribution in [1.29, 1.82) is 0 Å². The van der Waals surface area contributed by atoms with E-state index in [0.29, 0.717) is 22.9 Å². The maximum Gasteiger partial charge on any atom is 0.262 e. The van der Waals surface area contributed by atoms with Gasteiger partial charge >= 0.3 is 0 Å². The van der Waals surface area contributed by atoms with Gasteiger partial charge in [-0.15, -0.1) is 11.3 Å². The Morgan fingerprint density at radius 1 is 1.47 bits per heavy atom. The lowest BCUT2D eigenvalue weighted by atomic mass is 10.2. The number of hydrogen-bond donors (Lipinski definition) is 2. The maximum atomic E-state index is 12.0. The summed E-state index contributed by atoms with van der Waals surface area (Å²) in [6, 6.07) is 7.71. The molecule has 1 unspecified atom stereocenters. The molecular formula is C14H16ClNO2S. The molecule has 1 aromatic heterocycles. The highest BCUT2D eigenvalue weighted by Crippen LogP contribution is 2.34. The normalized spacial score (nSPS) is 12.6.